The fraction of sp³-hybridized carbons (Fsp3) is 0.273. The number of hydrazine groups is 1. The lowest BCUT2D eigenvalue weighted by atomic mass is 10.0. The summed E-state index contributed by atoms with van der Waals surface area (Å²) >= 11 is 3.53. The van der Waals surface area contributed by atoms with Crippen LogP contribution in [0.5, 0.6) is 0 Å². The van der Waals surface area contributed by atoms with Crippen molar-refractivity contribution in [1.29, 1.82) is 0 Å². The first-order valence-corrected chi connectivity index (χ1v) is 5.31. The zero-order valence-electron chi connectivity index (χ0n) is 8.26. The molecule has 76 valence electrons. The van der Waals surface area contributed by atoms with Crippen LogP contribution in [0.1, 0.15) is 23.6 Å². The summed E-state index contributed by atoms with van der Waals surface area (Å²) < 4.78 is 1.09. The quantitative estimate of drug-likeness (QED) is 0.493. The predicted octanol–water partition coefficient (Wildman–Crippen LogP) is 2.84. The van der Waals surface area contributed by atoms with E-state index in [1.165, 1.54) is 5.56 Å². The smallest absolute Gasteiger partial charge is 0.0505 e. The first kappa shape index (κ1) is 11.4. The number of rotatable bonds is 4. The molecule has 0 radical (unpaired) electrons. The van der Waals surface area contributed by atoms with Crippen molar-refractivity contribution in [2.75, 3.05) is 0 Å². The van der Waals surface area contributed by atoms with Crippen LogP contribution in [0.15, 0.2) is 35.3 Å². The van der Waals surface area contributed by atoms with Gasteiger partial charge in [0, 0.05) is 4.47 Å². The van der Waals surface area contributed by atoms with E-state index in [1.807, 2.05) is 6.08 Å². The fourth-order valence-electron chi connectivity index (χ4n) is 1.37. The van der Waals surface area contributed by atoms with Crippen molar-refractivity contribution in [2.45, 2.75) is 19.4 Å². The standard InChI is InChI=1S/C11H15BrN2/c1-3-4-11(14-13)9-6-5-8(2)7-10(9)12/h3,5-7,11,14H,1,4,13H2,2H3. The summed E-state index contributed by atoms with van der Waals surface area (Å²) in [5.74, 6) is 5.48. The third kappa shape index (κ3) is 2.67. The Bertz CT molecular complexity index is 323. The van der Waals surface area contributed by atoms with E-state index in [9.17, 15) is 0 Å². The molecule has 1 atom stereocenters. The summed E-state index contributed by atoms with van der Waals surface area (Å²) in [6.07, 6.45) is 2.68. The average molecular weight is 255 g/mol. The second-order valence-corrected chi connectivity index (χ2v) is 4.12. The summed E-state index contributed by atoms with van der Waals surface area (Å²) in [6, 6.07) is 6.37. The molecular weight excluding hydrogens is 240 g/mol. The maximum Gasteiger partial charge on any atom is 0.0505 e. The highest BCUT2D eigenvalue weighted by molar-refractivity contribution is 9.10. The third-order valence-corrected chi connectivity index (χ3v) is 2.82. The minimum atomic E-state index is 0.127. The maximum atomic E-state index is 5.48. The lowest BCUT2D eigenvalue weighted by molar-refractivity contribution is 0.559. The number of hydrogen-bond donors (Lipinski definition) is 2. The highest BCUT2D eigenvalue weighted by Gasteiger charge is 2.10. The predicted molar refractivity (Wildman–Crippen MR) is 63.8 cm³/mol. The van der Waals surface area contributed by atoms with Gasteiger partial charge in [0.1, 0.15) is 0 Å². The molecule has 0 saturated heterocycles. The van der Waals surface area contributed by atoms with Crippen LogP contribution in [0.4, 0.5) is 0 Å². The molecule has 0 saturated carbocycles. The first-order valence-electron chi connectivity index (χ1n) is 4.52. The molecule has 0 bridgehead atoms. The zero-order chi connectivity index (χ0) is 10.6. The van der Waals surface area contributed by atoms with Gasteiger partial charge in [0.2, 0.25) is 0 Å². The number of nitrogens with one attached hydrogen (secondary N) is 1. The molecule has 0 aromatic heterocycles. The van der Waals surface area contributed by atoms with Crippen molar-refractivity contribution < 1.29 is 0 Å². The van der Waals surface area contributed by atoms with Crippen LogP contribution in [0.25, 0.3) is 0 Å². The SMILES string of the molecule is C=CCC(NN)c1ccc(C)cc1Br. The number of nitrogens with two attached hydrogens (primary N) is 1. The molecule has 2 nitrogen and oxygen atoms in total. The van der Waals surface area contributed by atoms with E-state index in [4.69, 9.17) is 5.84 Å². The fourth-order valence-corrected chi connectivity index (χ4v) is 2.14. The number of halogens is 1. The minimum absolute atomic E-state index is 0.127. The van der Waals surface area contributed by atoms with Crippen LogP contribution in [0, 0.1) is 6.92 Å². The van der Waals surface area contributed by atoms with Gasteiger partial charge >= 0.3 is 0 Å². The van der Waals surface area contributed by atoms with Gasteiger partial charge in [-0.2, -0.15) is 0 Å². The van der Waals surface area contributed by atoms with Gasteiger partial charge in [-0.25, -0.2) is 0 Å². The Balaban J connectivity index is 2.97. The maximum absolute atomic E-state index is 5.48. The summed E-state index contributed by atoms with van der Waals surface area (Å²) in [7, 11) is 0. The highest BCUT2D eigenvalue weighted by atomic mass is 79.9. The molecule has 3 N–H and O–H groups in total. The van der Waals surface area contributed by atoms with Gasteiger partial charge in [0.05, 0.1) is 6.04 Å². The van der Waals surface area contributed by atoms with Crippen LogP contribution in [-0.2, 0) is 0 Å². The van der Waals surface area contributed by atoms with Crippen molar-refractivity contribution in [2.24, 2.45) is 5.84 Å². The normalized spacial score (nSPS) is 12.5. The van der Waals surface area contributed by atoms with E-state index in [2.05, 4.69) is 53.1 Å². The Morgan fingerprint density at radius 2 is 2.36 bits per heavy atom. The molecule has 0 amide bonds. The highest BCUT2D eigenvalue weighted by Crippen LogP contribution is 2.26. The largest absolute Gasteiger partial charge is 0.271 e. The van der Waals surface area contributed by atoms with Gasteiger partial charge in [0.25, 0.3) is 0 Å². The van der Waals surface area contributed by atoms with E-state index < -0.39 is 0 Å². The molecular formula is C11H15BrN2. The van der Waals surface area contributed by atoms with E-state index in [1.54, 1.807) is 0 Å². The van der Waals surface area contributed by atoms with Crippen molar-refractivity contribution >= 4 is 15.9 Å². The second-order valence-electron chi connectivity index (χ2n) is 3.27. The van der Waals surface area contributed by atoms with Crippen LogP contribution >= 0.6 is 15.9 Å². The molecule has 1 rings (SSSR count). The minimum Gasteiger partial charge on any atom is -0.271 e. The van der Waals surface area contributed by atoms with Gasteiger partial charge in [-0.1, -0.05) is 34.1 Å². The molecule has 0 aliphatic carbocycles. The first-order chi connectivity index (χ1) is 6.69. The van der Waals surface area contributed by atoms with Gasteiger partial charge in [-0.15, -0.1) is 6.58 Å². The summed E-state index contributed by atoms with van der Waals surface area (Å²) in [5.41, 5.74) is 5.17. The Labute approximate surface area is 93.3 Å². The average Bonchev–Trinajstić information content (AvgIpc) is 2.15. The van der Waals surface area contributed by atoms with Crippen molar-refractivity contribution in [3.63, 3.8) is 0 Å². The zero-order valence-corrected chi connectivity index (χ0v) is 9.84. The van der Waals surface area contributed by atoms with E-state index in [-0.39, 0.29) is 6.04 Å². The van der Waals surface area contributed by atoms with Crippen molar-refractivity contribution in [3.05, 3.63) is 46.5 Å². The Kier molecular flexibility index (Phi) is 4.32. The second kappa shape index (κ2) is 5.29. The topological polar surface area (TPSA) is 38.0 Å². The lowest BCUT2D eigenvalue weighted by Gasteiger charge is -2.16. The van der Waals surface area contributed by atoms with Crippen LogP contribution < -0.4 is 11.3 Å². The van der Waals surface area contributed by atoms with E-state index in [0.717, 1.165) is 16.5 Å². The molecule has 0 spiro atoms. The number of aryl methyl sites for hydroxylation is 1. The van der Waals surface area contributed by atoms with Gasteiger partial charge < -0.3 is 0 Å². The van der Waals surface area contributed by atoms with Crippen molar-refractivity contribution in [1.82, 2.24) is 5.43 Å². The Morgan fingerprint density at radius 3 is 2.86 bits per heavy atom. The van der Waals surface area contributed by atoms with Crippen LogP contribution in [0.2, 0.25) is 0 Å². The molecule has 1 aromatic carbocycles. The van der Waals surface area contributed by atoms with E-state index in [0.29, 0.717) is 0 Å². The van der Waals surface area contributed by atoms with E-state index >= 15 is 0 Å². The molecule has 0 aliphatic rings. The molecule has 0 heterocycles. The molecule has 1 aromatic rings. The van der Waals surface area contributed by atoms with Gasteiger partial charge in [-0.3, -0.25) is 11.3 Å². The summed E-state index contributed by atoms with van der Waals surface area (Å²) in [4.78, 5) is 0. The monoisotopic (exact) mass is 254 g/mol. The summed E-state index contributed by atoms with van der Waals surface area (Å²) in [5, 5.41) is 0. The van der Waals surface area contributed by atoms with Gasteiger partial charge in [0.15, 0.2) is 0 Å². The molecule has 1 unspecified atom stereocenters. The van der Waals surface area contributed by atoms with Crippen LogP contribution in [0.3, 0.4) is 0 Å². The molecule has 3 heteroatoms. The van der Waals surface area contributed by atoms with Crippen molar-refractivity contribution in [3.8, 4) is 0 Å². The third-order valence-electron chi connectivity index (χ3n) is 2.13. The molecule has 0 aliphatic heterocycles. The molecule has 14 heavy (non-hydrogen) atoms. The molecule has 0 fully saturated rings. The summed E-state index contributed by atoms with van der Waals surface area (Å²) in [6.45, 7) is 5.77. The lowest BCUT2D eigenvalue weighted by Crippen LogP contribution is -2.27. The Hall–Kier alpha value is -0.640. The van der Waals surface area contributed by atoms with Gasteiger partial charge in [-0.05, 0) is 30.5 Å². The Morgan fingerprint density at radius 1 is 1.64 bits per heavy atom. The number of hydrogen-bond acceptors (Lipinski definition) is 2. The van der Waals surface area contributed by atoms with Crippen LogP contribution in [-0.4, -0.2) is 0 Å². The number of benzene rings is 1.